The molecule has 150 valence electrons. The molecule has 0 unspecified atom stereocenters. The summed E-state index contributed by atoms with van der Waals surface area (Å²) in [6, 6.07) is 15.8. The Balaban J connectivity index is 1.55. The van der Waals surface area contributed by atoms with Crippen LogP contribution in [-0.2, 0) is 4.79 Å². The summed E-state index contributed by atoms with van der Waals surface area (Å²) in [4.78, 5) is 12.9. The summed E-state index contributed by atoms with van der Waals surface area (Å²) in [7, 11) is 1.60. The molecule has 1 N–H and O–H groups in total. The van der Waals surface area contributed by atoms with Gasteiger partial charge in [-0.2, -0.15) is 0 Å². The number of para-hydroxylation sites is 1. The van der Waals surface area contributed by atoms with Crippen LogP contribution >= 0.6 is 11.8 Å². The number of aryl methyl sites for hydroxylation is 1. The number of benzene rings is 2. The van der Waals surface area contributed by atoms with E-state index in [1.807, 2.05) is 62.4 Å². The molecule has 1 fully saturated rings. The van der Waals surface area contributed by atoms with Gasteiger partial charge in [0.15, 0.2) is 5.16 Å². The van der Waals surface area contributed by atoms with E-state index in [-0.39, 0.29) is 11.2 Å². The summed E-state index contributed by atoms with van der Waals surface area (Å²) in [5.74, 6) is 1.98. The first kappa shape index (κ1) is 19.5. The Morgan fingerprint density at radius 3 is 2.66 bits per heavy atom. The molecule has 1 saturated carbocycles. The second kappa shape index (κ2) is 8.29. The van der Waals surface area contributed by atoms with Gasteiger partial charge in [0.25, 0.3) is 0 Å². The highest BCUT2D eigenvalue weighted by atomic mass is 32.2. The first-order valence-corrected chi connectivity index (χ1v) is 10.6. The highest BCUT2D eigenvalue weighted by molar-refractivity contribution is 8.00. The minimum atomic E-state index is -0.348. The number of thioether (sulfide) groups is 1. The lowest BCUT2D eigenvalue weighted by atomic mass is 10.2. The number of nitrogens with zero attached hydrogens (tertiary/aromatic N) is 3. The molecular formula is C22H24N4O2S. The van der Waals surface area contributed by atoms with Gasteiger partial charge < -0.3 is 10.1 Å². The number of anilines is 1. The lowest BCUT2D eigenvalue weighted by molar-refractivity contribution is -0.115. The van der Waals surface area contributed by atoms with E-state index in [0.29, 0.717) is 17.4 Å². The summed E-state index contributed by atoms with van der Waals surface area (Å²) in [6.45, 7) is 3.86. The van der Waals surface area contributed by atoms with E-state index in [2.05, 4.69) is 20.1 Å². The van der Waals surface area contributed by atoms with Gasteiger partial charge >= 0.3 is 0 Å². The van der Waals surface area contributed by atoms with E-state index < -0.39 is 0 Å². The maximum Gasteiger partial charge on any atom is 0.237 e. The van der Waals surface area contributed by atoms with Gasteiger partial charge in [-0.3, -0.25) is 9.36 Å². The average molecular weight is 409 g/mol. The fourth-order valence-corrected chi connectivity index (χ4v) is 4.02. The van der Waals surface area contributed by atoms with Crippen LogP contribution in [0.4, 0.5) is 5.69 Å². The van der Waals surface area contributed by atoms with Crippen LogP contribution in [0.15, 0.2) is 53.7 Å². The van der Waals surface area contributed by atoms with E-state index in [9.17, 15) is 4.79 Å². The fraction of sp³-hybridized carbons (Fsp3) is 0.318. The number of carbonyl (C=O) groups excluding carboxylic acids is 1. The largest absolute Gasteiger partial charge is 0.495 e. The van der Waals surface area contributed by atoms with Crippen LogP contribution in [-0.4, -0.2) is 33.0 Å². The number of amides is 1. The number of hydrogen-bond acceptors (Lipinski definition) is 5. The van der Waals surface area contributed by atoms with Crippen molar-refractivity contribution >= 4 is 23.4 Å². The summed E-state index contributed by atoms with van der Waals surface area (Å²) in [5, 5.41) is 12.2. The zero-order valence-corrected chi connectivity index (χ0v) is 17.6. The number of nitrogens with one attached hydrogen (secondary N) is 1. The zero-order chi connectivity index (χ0) is 20.4. The molecule has 1 amide bonds. The minimum Gasteiger partial charge on any atom is -0.495 e. The maximum atomic E-state index is 12.9. The Morgan fingerprint density at radius 1 is 1.21 bits per heavy atom. The van der Waals surface area contributed by atoms with Crippen molar-refractivity contribution in [2.45, 2.75) is 43.0 Å². The molecule has 0 saturated heterocycles. The number of rotatable bonds is 7. The number of aromatic nitrogens is 3. The SMILES string of the molecule is COc1ccc(C)cc1NC(=O)[C@@H](C)Sc1nnc(C2CC2)n1-c1ccccc1. The Labute approximate surface area is 174 Å². The van der Waals surface area contributed by atoms with Gasteiger partial charge in [0.1, 0.15) is 11.6 Å². The maximum absolute atomic E-state index is 12.9. The van der Waals surface area contributed by atoms with Crippen LogP contribution < -0.4 is 10.1 Å². The molecule has 3 aromatic rings. The smallest absolute Gasteiger partial charge is 0.237 e. The Kier molecular flexibility index (Phi) is 5.58. The molecule has 0 spiro atoms. The van der Waals surface area contributed by atoms with Crippen LogP contribution in [0.5, 0.6) is 5.75 Å². The third kappa shape index (κ3) is 4.29. The highest BCUT2D eigenvalue weighted by Crippen LogP contribution is 2.41. The van der Waals surface area contributed by atoms with Crippen molar-refractivity contribution in [2.24, 2.45) is 0 Å². The predicted octanol–water partition coefficient (Wildman–Crippen LogP) is 4.58. The second-order valence-corrected chi connectivity index (χ2v) is 8.55. The Morgan fingerprint density at radius 2 is 1.97 bits per heavy atom. The Bertz CT molecular complexity index is 1010. The molecule has 1 aromatic heterocycles. The average Bonchev–Trinajstić information content (AvgIpc) is 3.49. The van der Waals surface area contributed by atoms with Crippen molar-refractivity contribution in [2.75, 3.05) is 12.4 Å². The van der Waals surface area contributed by atoms with E-state index in [4.69, 9.17) is 4.74 Å². The molecular weight excluding hydrogens is 384 g/mol. The first-order chi connectivity index (χ1) is 14.1. The third-order valence-corrected chi connectivity index (χ3v) is 5.92. The molecule has 1 aliphatic carbocycles. The van der Waals surface area contributed by atoms with Crippen LogP contribution in [0.3, 0.4) is 0 Å². The van der Waals surface area contributed by atoms with E-state index in [0.717, 1.165) is 35.1 Å². The molecule has 1 heterocycles. The summed E-state index contributed by atoms with van der Waals surface area (Å²) >= 11 is 1.41. The molecule has 29 heavy (non-hydrogen) atoms. The van der Waals surface area contributed by atoms with Gasteiger partial charge in [-0.05, 0) is 56.5 Å². The molecule has 1 aliphatic rings. The van der Waals surface area contributed by atoms with Crippen LogP contribution in [0.2, 0.25) is 0 Å². The van der Waals surface area contributed by atoms with Gasteiger partial charge in [0.2, 0.25) is 5.91 Å². The quantitative estimate of drug-likeness (QED) is 0.580. The molecule has 2 aromatic carbocycles. The van der Waals surface area contributed by atoms with Crippen LogP contribution in [0.1, 0.15) is 37.1 Å². The molecule has 7 heteroatoms. The summed E-state index contributed by atoms with van der Waals surface area (Å²) in [6.07, 6.45) is 2.28. The predicted molar refractivity (Wildman–Crippen MR) is 115 cm³/mol. The fourth-order valence-electron chi connectivity index (χ4n) is 3.15. The standard InChI is InChI=1S/C22H24N4O2S/c1-14-9-12-19(28-3)18(13-14)23-21(27)15(2)29-22-25-24-20(16-10-11-16)26(22)17-7-5-4-6-8-17/h4-9,12-13,15-16H,10-11H2,1-3H3,(H,23,27)/t15-/m1/s1. The van der Waals surface area contributed by atoms with Crippen molar-refractivity contribution in [3.05, 3.63) is 59.9 Å². The lowest BCUT2D eigenvalue weighted by Crippen LogP contribution is -2.23. The summed E-state index contributed by atoms with van der Waals surface area (Å²) < 4.78 is 7.45. The Hall–Kier alpha value is -2.80. The zero-order valence-electron chi connectivity index (χ0n) is 16.8. The molecule has 6 nitrogen and oxygen atoms in total. The molecule has 0 radical (unpaired) electrons. The molecule has 4 rings (SSSR count). The van der Waals surface area contributed by atoms with Gasteiger partial charge in [0, 0.05) is 11.6 Å². The van der Waals surface area contributed by atoms with Crippen LogP contribution in [0.25, 0.3) is 5.69 Å². The van der Waals surface area contributed by atoms with Crippen molar-refractivity contribution in [3.63, 3.8) is 0 Å². The first-order valence-electron chi connectivity index (χ1n) is 9.69. The molecule has 1 atom stereocenters. The number of hydrogen-bond donors (Lipinski definition) is 1. The van der Waals surface area contributed by atoms with Crippen LogP contribution in [0, 0.1) is 6.92 Å². The van der Waals surface area contributed by atoms with Crippen molar-refractivity contribution in [3.8, 4) is 11.4 Å². The third-order valence-electron chi connectivity index (χ3n) is 4.88. The lowest BCUT2D eigenvalue weighted by Gasteiger charge is -2.15. The van der Waals surface area contributed by atoms with E-state index >= 15 is 0 Å². The summed E-state index contributed by atoms with van der Waals surface area (Å²) in [5.41, 5.74) is 2.75. The monoisotopic (exact) mass is 408 g/mol. The molecule has 0 bridgehead atoms. The second-order valence-electron chi connectivity index (χ2n) is 7.24. The van der Waals surface area contributed by atoms with Gasteiger partial charge in [-0.15, -0.1) is 10.2 Å². The van der Waals surface area contributed by atoms with E-state index in [1.165, 1.54) is 11.8 Å². The van der Waals surface area contributed by atoms with Gasteiger partial charge in [-0.1, -0.05) is 36.0 Å². The van der Waals surface area contributed by atoms with Gasteiger partial charge in [-0.25, -0.2) is 0 Å². The normalized spacial score (nSPS) is 14.4. The van der Waals surface area contributed by atoms with Crippen molar-refractivity contribution in [1.82, 2.24) is 14.8 Å². The van der Waals surface area contributed by atoms with Crippen molar-refractivity contribution < 1.29 is 9.53 Å². The molecule has 0 aliphatic heterocycles. The topological polar surface area (TPSA) is 69.0 Å². The van der Waals surface area contributed by atoms with E-state index in [1.54, 1.807) is 7.11 Å². The minimum absolute atomic E-state index is 0.102. The van der Waals surface area contributed by atoms with Crippen molar-refractivity contribution in [1.29, 1.82) is 0 Å². The number of carbonyl (C=O) groups is 1. The number of ether oxygens (including phenoxy) is 1. The highest BCUT2D eigenvalue weighted by Gasteiger charge is 2.32. The van der Waals surface area contributed by atoms with Gasteiger partial charge in [0.05, 0.1) is 18.0 Å². The number of methoxy groups -OCH3 is 1.